The highest BCUT2D eigenvalue weighted by atomic mass is 35.5. The summed E-state index contributed by atoms with van der Waals surface area (Å²) in [6.45, 7) is 2.05. The average molecular weight is 300 g/mol. The van der Waals surface area contributed by atoms with Crippen LogP contribution in [0.2, 0.25) is 5.28 Å². The highest BCUT2D eigenvalue weighted by Crippen LogP contribution is 2.29. The van der Waals surface area contributed by atoms with Gasteiger partial charge in [0, 0.05) is 6.04 Å². The Morgan fingerprint density at radius 2 is 2.14 bits per heavy atom. The van der Waals surface area contributed by atoms with Gasteiger partial charge < -0.3 is 5.32 Å². The number of aryl methyl sites for hydroxylation is 1. The molecule has 1 aliphatic carbocycles. The zero-order valence-electron chi connectivity index (χ0n) is 11.5. The molecule has 1 fully saturated rings. The van der Waals surface area contributed by atoms with Crippen molar-refractivity contribution < 1.29 is 0 Å². The first-order valence-electron chi connectivity index (χ1n) is 6.95. The maximum absolute atomic E-state index is 6.07. The van der Waals surface area contributed by atoms with Crippen molar-refractivity contribution in [1.82, 2.24) is 19.7 Å². The number of fused-ring (bicyclic) bond motifs is 1. The molecule has 4 rings (SSSR count). The monoisotopic (exact) mass is 299 g/mol. The predicted molar refractivity (Wildman–Crippen MR) is 83.1 cm³/mol. The van der Waals surface area contributed by atoms with Gasteiger partial charge in [-0.25, -0.2) is 4.68 Å². The molecule has 5 nitrogen and oxygen atoms in total. The Labute approximate surface area is 127 Å². The molecular formula is C15H14ClN5. The van der Waals surface area contributed by atoms with Crippen LogP contribution in [0.1, 0.15) is 18.4 Å². The van der Waals surface area contributed by atoms with Crippen LogP contribution >= 0.6 is 11.6 Å². The Kier molecular flexibility index (Phi) is 2.82. The molecule has 1 N–H and O–H groups in total. The van der Waals surface area contributed by atoms with Crippen LogP contribution in [0, 0.1) is 6.92 Å². The molecule has 1 aromatic carbocycles. The molecule has 0 radical (unpaired) electrons. The molecule has 0 bridgehead atoms. The standard InChI is InChI=1S/C15H14ClN5/c1-9-3-2-4-11(7-9)21-14-12(8-17-21)13(18-10-5-6-10)19-15(16)20-14/h2-4,7-8,10H,5-6H2,1H3,(H,18,19,20). The Morgan fingerprint density at radius 3 is 2.90 bits per heavy atom. The third-order valence-electron chi connectivity index (χ3n) is 3.57. The van der Waals surface area contributed by atoms with Crippen LogP contribution in [0.15, 0.2) is 30.5 Å². The van der Waals surface area contributed by atoms with E-state index in [-0.39, 0.29) is 5.28 Å². The number of anilines is 1. The molecule has 106 valence electrons. The zero-order chi connectivity index (χ0) is 14.4. The number of hydrogen-bond donors (Lipinski definition) is 1. The molecule has 0 unspecified atom stereocenters. The van der Waals surface area contributed by atoms with Gasteiger partial charge in [-0.1, -0.05) is 12.1 Å². The summed E-state index contributed by atoms with van der Waals surface area (Å²) < 4.78 is 1.80. The number of rotatable bonds is 3. The van der Waals surface area contributed by atoms with Gasteiger partial charge in [0.1, 0.15) is 5.82 Å². The fraction of sp³-hybridized carbons (Fsp3) is 0.267. The van der Waals surface area contributed by atoms with Gasteiger partial charge >= 0.3 is 0 Å². The molecule has 1 saturated carbocycles. The Morgan fingerprint density at radius 1 is 1.29 bits per heavy atom. The van der Waals surface area contributed by atoms with Crippen molar-refractivity contribution in [3.05, 3.63) is 41.3 Å². The van der Waals surface area contributed by atoms with Gasteiger partial charge in [0.05, 0.1) is 17.3 Å². The predicted octanol–water partition coefficient (Wildman–Crippen LogP) is 3.35. The number of nitrogens with one attached hydrogen (secondary N) is 1. The summed E-state index contributed by atoms with van der Waals surface area (Å²) in [5, 5.41) is 8.97. The van der Waals surface area contributed by atoms with E-state index in [1.54, 1.807) is 10.9 Å². The van der Waals surface area contributed by atoms with E-state index in [2.05, 4.69) is 39.4 Å². The van der Waals surface area contributed by atoms with Gasteiger partial charge in [0.25, 0.3) is 0 Å². The largest absolute Gasteiger partial charge is 0.367 e. The van der Waals surface area contributed by atoms with E-state index in [0.717, 1.165) is 22.5 Å². The minimum atomic E-state index is 0.236. The van der Waals surface area contributed by atoms with Crippen molar-refractivity contribution in [2.24, 2.45) is 0 Å². The van der Waals surface area contributed by atoms with Crippen molar-refractivity contribution in [3.8, 4) is 5.69 Å². The minimum absolute atomic E-state index is 0.236. The lowest BCUT2D eigenvalue weighted by molar-refractivity contribution is 0.893. The summed E-state index contributed by atoms with van der Waals surface area (Å²) >= 11 is 6.07. The van der Waals surface area contributed by atoms with Crippen LogP contribution in [0.4, 0.5) is 5.82 Å². The van der Waals surface area contributed by atoms with Crippen LogP contribution in [-0.4, -0.2) is 25.8 Å². The molecule has 21 heavy (non-hydrogen) atoms. The first-order valence-corrected chi connectivity index (χ1v) is 7.33. The summed E-state index contributed by atoms with van der Waals surface area (Å²) in [6.07, 6.45) is 4.14. The number of nitrogens with zero attached hydrogens (tertiary/aromatic N) is 4. The Bertz CT molecular complexity index is 822. The van der Waals surface area contributed by atoms with Gasteiger partial charge in [-0.15, -0.1) is 0 Å². The number of benzene rings is 1. The molecule has 3 aromatic rings. The van der Waals surface area contributed by atoms with E-state index in [1.165, 1.54) is 18.4 Å². The summed E-state index contributed by atoms with van der Waals surface area (Å²) in [5.74, 6) is 0.770. The van der Waals surface area contributed by atoms with Crippen molar-refractivity contribution in [2.45, 2.75) is 25.8 Å². The van der Waals surface area contributed by atoms with E-state index >= 15 is 0 Å². The quantitative estimate of drug-likeness (QED) is 0.754. The van der Waals surface area contributed by atoms with Crippen LogP contribution in [0.25, 0.3) is 16.7 Å². The second kappa shape index (κ2) is 4.70. The van der Waals surface area contributed by atoms with Crippen LogP contribution in [-0.2, 0) is 0 Å². The van der Waals surface area contributed by atoms with Gasteiger partial charge in [-0.2, -0.15) is 15.1 Å². The fourth-order valence-corrected chi connectivity index (χ4v) is 2.53. The first-order chi connectivity index (χ1) is 10.2. The lowest BCUT2D eigenvalue weighted by Gasteiger charge is -2.07. The SMILES string of the molecule is Cc1cccc(-n2ncc3c(NC4CC4)nc(Cl)nc32)c1. The molecule has 0 atom stereocenters. The van der Waals surface area contributed by atoms with Crippen LogP contribution < -0.4 is 5.32 Å². The molecule has 0 spiro atoms. The molecule has 2 aromatic heterocycles. The maximum atomic E-state index is 6.07. The third kappa shape index (κ3) is 2.34. The summed E-state index contributed by atoms with van der Waals surface area (Å²) in [6, 6.07) is 8.63. The smallest absolute Gasteiger partial charge is 0.226 e. The maximum Gasteiger partial charge on any atom is 0.226 e. The molecule has 1 aliphatic rings. The fourth-order valence-electron chi connectivity index (χ4n) is 2.36. The number of hydrogen-bond acceptors (Lipinski definition) is 4. The molecule has 2 heterocycles. The lowest BCUT2D eigenvalue weighted by atomic mass is 10.2. The van der Waals surface area contributed by atoms with E-state index in [1.807, 2.05) is 12.1 Å². The topological polar surface area (TPSA) is 55.6 Å². The molecule has 0 aliphatic heterocycles. The van der Waals surface area contributed by atoms with Gasteiger partial charge in [-0.3, -0.25) is 0 Å². The number of halogens is 1. The van der Waals surface area contributed by atoms with Crippen LogP contribution in [0.3, 0.4) is 0 Å². The summed E-state index contributed by atoms with van der Waals surface area (Å²) in [4.78, 5) is 8.64. The van der Waals surface area contributed by atoms with Crippen molar-refractivity contribution in [2.75, 3.05) is 5.32 Å². The second-order valence-corrected chi connectivity index (χ2v) is 5.73. The van der Waals surface area contributed by atoms with E-state index in [0.29, 0.717) is 6.04 Å². The van der Waals surface area contributed by atoms with Gasteiger partial charge in [0.15, 0.2) is 5.65 Å². The normalized spacial score (nSPS) is 14.6. The molecular weight excluding hydrogens is 286 g/mol. The van der Waals surface area contributed by atoms with Crippen molar-refractivity contribution in [1.29, 1.82) is 0 Å². The third-order valence-corrected chi connectivity index (χ3v) is 3.73. The van der Waals surface area contributed by atoms with E-state index in [9.17, 15) is 0 Å². The summed E-state index contributed by atoms with van der Waals surface area (Å²) in [7, 11) is 0. The van der Waals surface area contributed by atoms with Crippen molar-refractivity contribution in [3.63, 3.8) is 0 Å². The van der Waals surface area contributed by atoms with Crippen LogP contribution in [0.5, 0.6) is 0 Å². The first kappa shape index (κ1) is 12.6. The average Bonchev–Trinajstić information content (AvgIpc) is 3.15. The zero-order valence-corrected chi connectivity index (χ0v) is 12.3. The van der Waals surface area contributed by atoms with Crippen molar-refractivity contribution >= 4 is 28.5 Å². The second-order valence-electron chi connectivity index (χ2n) is 5.39. The molecule has 0 saturated heterocycles. The Hall–Kier alpha value is -2.14. The lowest BCUT2D eigenvalue weighted by Crippen LogP contribution is -2.05. The van der Waals surface area contributed by atoms with E-state index < -0.39 is 0 Å². The Balaban J connectivity index is 1.89. The van der Waals surface area contributed by atoms with Gasteiger partial charge in [-0.05, 0) is 49.1 Å². The number of aromatic nitrogens is 4. The molecule has 6 heteroatoms. The highest BCUT2D eigenvalue weighted by molar-refractivity contribution is 6.28. The highest BCUT2D eigenvalue weighted by Gasteiger charge is 2.23. The molecule has 0 amide bonds. The minimum Gasteiger partial charge on any atom is -0.367 e. The van der Waals surface area contributed by atoms with Gasteiger partial charge in [0.2, 0.25) is 5.28 Å². The van der Waals surface area contributed by atoms with E-state index in [4.69, 9.17) is 11.6 Å². The summed E-state index contributed by atoms with van der Waals surface area (Å²) in [5.41, 5.74) is 2.87.